The van der Waals surface area contributed by atoms with Crippen molar-refractivity contribution in [3.05, 3.63) is 0 Å². The van der Waals surface area contributed by atoms with Crippen molar-refractivity contribution >= 4 is 23.8 Å². The number of carbonyl (C=O) groups excluding carboxylic acids is 4. The molecule has 0 atom stereocenters. The number of amides is 4. The first-order chi connectivity index (χ1) is 12.4. The number of nitrogens with zero attached hydrogens (tertiary/aromatic N) is 3. The minimum atomic E-state index is -0.322. The van der Waals surface area contributed by atoms with Crippen molar-refractivity contribution in [3.63, 3.8) is 0 Å². The number of hydrogen-bond donors (Lipinski definition) is 1. The van der Waals surface area contributed by atoms with Gasteiger partial charge in [0.15, 0.2) is 0 Å². The Morgan fingerprint density at radius 1 is 0.923 bits per heavy atom. The van der Waals surface area contributed by atoms with E-state index in [9.17, 15) is 19.2 Å². The first-order valence-electron chi connectivity index (χ1n) is 9.15. The number of carbonyl (C=O) groups is 4. The number of hydrogen-bond acceptors (Lipinski definition) is 5. The van der Waals surface area contributed by atoms with Crippen molar-refractivity contribution in [2.75, 3.05) is 45.9 Å². The van der Waals surface area contributed by atoms with Gasteiger partial charge in [0.2, 0.25) is 17.7 Å². The van der Waals surface area contributed by atoms with Gasteiger partial charge in [0.1, 0.15) is 6.42 Å². The highest BCUT2D eigenvalue weighted by Gasteiger charge is 2.27. The number of ether oxygens (including phenoxy) is 1. The van der Waals surface area contributed by atoms with Crippen LogP contribution in [-0.4, -0.2) is 90.4 Å². The van der Waals surface area contributed by atoms with Crippen LogP contribution in [0.2, 0.25) is 0 Å². The number of piperazine rings is 1. The molecular formula is C17H28N4O5. The molecule has 9 nitrogen and oxygen atoms in total. The summed E-state index contributed by atoms with van der Waals surface area (Å²) in [5, 5.41) is 2.88. The average molecular weight is 368 g/mol. The first kappa shape index (κ1) is 20.0. The Labute approximate surface area is 153 Å². The maximum Gasteiger partial charge on any atom is 0.409 e. The van der Waals surface area contributed by atoms with E-state index >= 15 is 0 Å². The summed E-state index contributed by atoms with van der Waals surface area (Å²) >= 11 is 0. The van der Waals surface area contributed by atoms with E-state index < -0.39 is 0 Å². The van der Waals surface area contributed by atoms with E-state index in [1.165, 1.54) is 6.92 Å². The van der Waals surface area contributed by atoms with Gasteiger partial charge in [0.05, 0.1) is 6.61 Å². The molecule has 0 aromatic rings. The summed E-state index contributed by atoms with van der Waals surface area (Å²) in [4.78, 5) is 52.3. The zero-order valence-corrected chi connectivity index (χ0v) is 15.5. The molecule has 146 valence electrons. The van der Waals surface area contributed by atoms with E-state index in [2.05, 4.69) is 5.32 Å². The fourth-order valence-corrected chi connectivity index (χ4v) is 3.22. The SMILES string of the molecule is CCOC(=O)N1CCC(NC(=O)CC(=O)N2CCN(C(C)=O)CC2)CC1. The second-order valence-corrected chi connectivity index (χ2v) is 6.59. The lowest BCUT2D eigenvalue weighted by Crippen LogP contribution is -2.51. The molecule has 0 aliphatic carbocycles. The van der Waals surface area contributed by atoms with Crippen molar-refractivity contribution in [1.29, 1.82) is 0 Å². The van der Waals surface area contributed by atoms with Gasteiger partial charge in [-0.2, -0.15) is 0 Å². The van der Waals surface area contributed by atoms with Gasteiger partial charge in [-0.05, 0) is 19.8 Å². The highest BCUT2D eigenvalue weighted by Crippen LogP contribution is 2.12. The van der Waals surface area contributed by atoms with Crippen molar-refractivity contribution in [3.8, 4) is 0 Å². The van der Waals surface area contributed by atoms with Gasteiger partial charge in [-0.1, -0.05) is 0 Å². The molecule has 0 spiro atoms. The van der Waals surface area contributed by atoms with Crippen LogP contribution in [0.5, 0.6) is 0 Å². The molecule has 2 heterocycles. The molecule has 2 saturated heterocycles. The van der Waals surface area contributed by atoms with Crippen LogP contribution in [0.4, 0.5) is 4.79 Å². The van der Waals surface area contributed by atoms with Crippen LogP contribution in [0, 0.1) is 0 Å². The van der Waals surface area contributed by atoms with E-state index in [1.807, 2.05) is 0 Å². The number of rotatable bonds is 4. The lowest BCUT2D eigenvalue weighted by Gasteiger charge is -2.34. The zero-order chi connectivity index (χ0) is 19.1. The first-order valence-corrected chi connectivity index (χ1v) is 9.15. The van der Waals surface area contributed by atoms with Crippen LogP contribution < -0.4 is 5.32 Å². The largest absolute Gasteiger partial charge is 0.450 e. The Bertz CT molecular complexity index is 537. The van der Waals surface area contributed by atoms with Crippen molar-refractivity contribution in [2.24, 2.45) is 0 Å². The highest BCUT2D eigenvalue weighted by atomic mass is 16.6. The number of piperidine rings is 1. The summed E-state index contributed by atoms with van der Waals surface area (Å²) < 4.78 is 4.96. The Morgan fingerprint density at radius 3 is 2.04 bits per heavy atom. The lowest BCUT2D eigenvalue weighted by molar-refractivity contribution is -0.141. The summed E-state index contributed by atoms with van der Waals surface area (Å²) in [7, 11) is 0. The third kappa shape index (κ3) is 5.60. The fraction of sp³-hybridized carbons (Fsp3) is 0.765. The number of likely N-dealkylation sites (tertiary alicyclic amines) is 1. The van der Waals surface area contributed by atoms with Gasteiger partial charge in [-0.15, -0.1) is 0 Å². The van der Waals surface area contributed by atoms with Crippen LogP contribution >= 0.6 is 0 Å². The maximum absolute atomic E-state index is 12.2. The molecule has 2 fully saturated rings. The van der Waals surface area contributed by atoms with Crippen LogP contribution in [0.1, 0.15) is 33.1 Å². The van der Waals surface area contributed by atoms with Crippen LogP contribution in [0.3, 0.4) is 0 Å². The third-order valence-corrected chi connectivity index (χ3v) is 4.78. The maximum atomic E-state index is 12.2. The van der Waals surface area contributed by atoms with Gasteiger partial charge in [-0.3, -0.25) is 14.4 Å². The van der Waals surface area contributed by atoms with Gasteiger partial charge in [0, 0.05) is 52.2 Å². The lowest BCUT2D eigenvalue weighted by atomic mass is 10.1. The average Bonchev–Trinajstić information content (AvgIpc) is 2.62. The molecule has 0 saturated carbocycles. The second kappa shape index (κ2) is 9.40. The van der Waals surface area contributed by atoms with Crippen molar-refractivity contribution in [1.82, 2.24) is 20.0 Å². The zero-order valence-electron chi connectivity index (χ0n) is 15.5. The van der Waals surface area contributed by atoms with E-state index in [4.69, 9.17) is 4.74 Å². The Hall–Kier alpha value is -2.32. The van der Waals surface area contributed by atoms with Crippen LogP contribution in [-0.2, 0) is 19.1 Å². The van der Waals surface area contributed by atoms with Gasteiger partial charge in [-0.25, -0.2) is 4.79 Å². The molecule has 0 bridgehead atoms. The molecule has 9 heteroatoms. The standard InChI is InChI=1S/C17H28N4O5/c1-3-26-17(25)21-6-4-14(5-7-21)18-15(23)12-16(24)20-10-8-19(9-11-20)13(2)22/h14H,3-12H2,1-2H3,(H,18,23). The monoisotopic (exact) mass is 368 g/mol. The Balaban J connectivity index is 1.68. The predicted octanol–water partition coefficient (Wildman–Crippen LogP) is -0.196. The summed E-state index contributed by atoms with van der Waals surface area (Å²) in [6.07, 6.45) is 0.793. The highest BCUT2D eigenvalue weighted by molar-refractivity contribution is 5.97. The van der Waals surface area contributed by atoms with Gasteiger partial charge < -0.3 is 24.8 Å². The van der Waals surface area contributed by atoms with E-state index in [0.717, 1.165) is 0 Å². The molecule has 1 N–H and O–H groups in total. The normalized spacial score (nSPS) is 18.5. The van der Waals surface area contributed by atoms with E-state index in [1.54, 1.807) is 21.6 Å². The molecule has 4 amide bonds. The Morgan fingerprint density at radius 2 is 1.50 bits per heavy atom. The Kier molecular flexibility index (Phi) is 7.23. The summed E-state index contributed by atoms with van der Waals surface area (Å²) in [6.45, 7) is 6.63. The fourth-order valence-electron chi connectivity index (χ4n) is 3.22. The summed E-state index contributed by atoms with van der Waals surface area (Å²) in [5.41, 5.74) is 0. The number of nitrogens with one attached hydrogen (secondary N) is 1. The molecular weight excluding hydrogens is 340 g/mol. The molecule has 2 aliphatic heterocycles. The van der Waals surface area contributed by atoms with Crippen molar-refractivity contribution in [2.45, 2.75) is 39.2 Å². The summed E-state index contributed by atoms with van der Waals surface area (Å²) in [5.74, 6) is -0.503. The van der Waals surface area contributed by atoms with Gasteiger partial charge in [0.25, 0.3) is 0 Å². The smallest absolute Gasteiger partial charge is 0.409 e. The second-order valence-electron chi connectivity index (χ2n) is 6.59. The topological polar surface area (TPSA) is 99.3 Å². The van der Waals surface area contributed by atoms with Gasteiger partial charge >= 0.3 is 6.09 Å². The van der Waals surface area contributed by atoms with Crippen LogP contribution in [0.25, 0.3) is 0 Å². The van der Waals surface area contributed by atoms with E-state index in [0.29, 0.717) is 58.7 Å². The molecule has 0 radical (unpaired) electrons. The molecule has 2 rings (SSSR count). The quantitative estimate of drug-likeness (QED) is 0.693. The predicted molar refractivity (Wildman–Crippen MR) is 93.2 cm³/mol. The van der Waals surface area contributed by atoms with Crippen molar-refractivity contribution < 1.29 is 23.9 Å². The molecule has 26 heavy (non-hydrogen) atoms. The molecule has 0 aromatic heterocycles. The molecule has 2 aliphatic rings. The van der Waals surface area contributed by atoms with Crippen LogP contribution in [0.15, 0.2) is 0 Å². The third-order valence-electron chi connectivity index (χ3n) is 4.78. The minimum absolute atomic E-state index is 0.00371. The minimum Gasteiger partial charge on any atom is -0.450 e. The summed E-state index contributed by atoms with van der Waals surface area (Å²) in [6, 6.07) is -0.0319. The molecule has 0 aromatic carbocycles. The molecule has 0 unspecified atom stereocenters. The van der Waals surface area contributed by atoms with E-state index in [-0.39, 0.29) is 36.3 Å².